The smallest absolute Gasteiger partial charge is 0.161 e. The SMILES string of the molecule is Cc1ccc(CNCc2cccc(O)c2O)o1. The molecule has 0 bridgehead atoms. The molecule has 0 aliphatic rings. The average molecular weight is 233 g/mol. The first-order valence-electron chi connectivity index (χ1n) is 5.42. The minimum absolute atomic E-state index is 0.0735. The van der Waals surface area contributed by atoms with E-state index in [2.05, 4.69) is 5.32 Å². The van der Waals surface area contributed by atoms with Gasteiger partial charge in [-0.15, -0.1) is 0 Å². The van der Waals surface area contributed by atoms with Crippen molar-refractivity contribution < 1.29 is 14.6 Å². The minimum Gasteiger partial charge on any atom is -0.504 e. The molecule has 0 radical (unpaired) electrons. The average Bonchev–Trinajstić information content (AvgIpc) is 2.70. The van der Waals surface area contributed by atoms with Gasteiger partial charge in [-0.3, -0.25) is 0 Å². The van der Waals surface area contributed by atoms with Crippen molar-refractivity contribution in [2.45, 2.75) is 20.0 Å². The van der Waals surface area contributed by atoms with Crippen LogP contribution in [0.5, 0.6) is 11.5 Å². The lowest BCUT2D eigenvalue weighted by atomic mass is 10.2. The predicted octanol–water partition coefficient (Wildman–Crippen LogP) is 2.29. The Balaban J connectivity index is 1.92. The summed E-state index contributed by atoms with van der Waals surface area (Å²) in [4.78, 5) is 0. The summed E-state index contributed by atoms with van der Waals surface area (Å²) in [6, 6.07) is 8.72. The molecule has 0 spiro atoms. The summed E-state index contributed by atoms with van der Waals surface area (Å²) in [6.45, 7) is 2.95. The van der Waals surface area contributed by atoms with Crippen LogP contribution in [0.3, 0.4) is 0 Å². The van der Waals surface area contributed by atoms with E-state index in [1.807, 2.05) is 19.1 Å². The molecule has 1 aromatic carbocycles. The molecule has 17 heavy (non-hydrogen) atoms. The molecule has 1 aromatic heterocycles. The van der Waals surface area contributed by atoms with Crippen LogP contribution in [0.1, 0.15) is 17.1 Å². The van der Waals surface area contributed by atoms with E-state index in [1.54, 1.807) is 12.1 Å². The molecule has 3 N–H and O–H groups in total. The van der Waals surface area contributed by atoms with Crippen molar-refractivity contribution in [2.24, 2.45) is 0 Å². The second-order valence-corrected chi connectivity index (χ2v) is 3.90. The topological polar surface area (TPSA) is 65.6 Å². The van der Waals surface area contributed by atoms with Gasteiger partial charge in [0.25, 0.3) is 0 Å². The summed E-state index contributed by atoms with van der Waals surface area (Å²) in [5, 5.41) is 22.0. The van der Waals surface area contributed by atoms with Gasteiger partial charge >= 0.3 is 0 Å². The number of hydrogen-bond donors (Lipinski definition) is 3. The molecule has 0 aliphatic heterocycles. The van der Waals surface area contributed by atoms with Gasteiger partial charge in [-0.1, -0.05) is 12.1 Å². The Bertz CT molecular complexity index is 505. The monoisotopic (exact) mass is 233 g/mol. The van der Waals surface area contributed by atoms with E-state index in [9.17, 15) is 10.2 Å². The summed E-state index contributed by atoms with van der Waals surface area (Å²) < 4.78 is 5.40. The molecule has 4 heteroatoms. The van der Waals surface area contributed by atoms with Crippen LogP contribution in [0, 0.1) is 6.92 Å². The highest BCUT2D eigenvalue weighted by atomic mass is 16.3. The first kappa shape index (κ1) is 11.5. The number of hydrogen-bond acceptors (Lipinski definition) is 4. The van der Waals surface area contributed by atoms with Gasteiger partial charge in [-0.25, -0.2) is 0 Å². The fraction of sp³-hybridized carbons (Fsp3) is 0.231. The molecule has 0 aliphatic carbocycles. The van der Waals surface area contributed by atoms with Crippen molar-refractivity contribution in [3.63, 3.8) is 0 Å². The molecule has 0 unspecified atom stereocenters. The zero-order chi connectivity index (χ0) is 12.3. The highest BCUT2D eigenvalue weighted by Gasteiger charge is 2.05. The van der Waals surface area contributed by atoms with Crippen molar-refractivity contribution >= 4 is 0 Å². The number of para-hydroxylation sites is 1. The third-order valence-electron chi connectivity index (χ3n) is 2.51. The molecular weight excluding hydrogens is 218 g/mol. The van der Waals surface area contributed by atoms with E-state index >= 15 is 0 Å². The van der Waals surface area contributed by atoms with Gasteiger partial charge in [-0.05, 0) is 25.1 Å². The Labute approximate surface area is 99.5 Å². The lowest BCUT2D eigenvalue weighted by Crippen LogP contribution is -2.12. The maximum atomic E-state index is 9.59. The van der Waals surface area contributed by atoms with Crippen LogP contribution in [-0.2, 0) is 13.1 Å². The van der Waals surface area contributed by atoms with Crippen molar-refractivity contribution in [2.75, 3.05) is 0 Å². The first-order valence-corrected chi connectivity index (χ1v) is 5.42. The fourth-order valence-electron chi connectivity index (χ4n) is 1.62. The van der Waals surface area contributed by atoms with E-state index < -0.39 is 0 Å². The Morgan fingerprint density at radius 2 is 1.94 bits per heavy atom. The zero-order valence-corrected chi connectivity index (χ0v) is 9.60. The molecule has 1 heterocycles. The van der Waals surface area contributed by atoms with Crippen LogP contribution in [0.4, 0.5) is 0 Å². The van der Waals surface area contributed by atoms with Gasteiger partial charge in [0, 0.05) is 12.1 Å². The molecule has 0 fully saturated rings. The standard InChI is InChI=1S/C13H15NO3/c1-9-5-6-11(17-9)8-14-7-10-3-2-4-12(15)13(10)16/h2-6,14-16H,7-8H2,1H3. The van der Waals surface area contributed by atoms with Crippen LogP contribution in [0.15, 0.2) is 34.7 Å². The van der Waals surface area contributed by atoms with Gasteiger partial charge in [0.2, 0.25) is 0 Å². The highest BCUT2D eigenvalue weighted by molar-refractivity contribution is 5.44. The molecule has 90 valence electrons. The highest BCUT2D eigenvalue weighted by Crippen LogP contribution is 2.27. The van der Waals surface area contributed by atoms with E-state index in [4.69, 9.17) is 4.42 Å². The summed E-state index contributed by atoms with van der Waals surface area (Å²) >= 11 is 0. The number of nitrogens with one attached hydrogen (secondary N) is 1. The van der Waals surface area contributed by atoms with Gasteiger partial charge in [-0.2, -0.15) is 0 Å². The predicted molar refractivity (Wildman–Crippen MR) is 63.8 cm³/mol. The number of phenolic OH excluding ortho intramolecular Hbond substituents is 2. The van der Waals surface area contributed by atoms with Crippen LogP contribution in [-0.4, -0.2) is 10.2 Å². The molecule has 0 atom stereocenters. The molecule has 2 rings (SSSR count). The second-order valence-electron chi connectivity index (χ2n) is 3.90. The fourth-order valence-corrected chi connectivity index (χ4v) is 1.62. The molecule has 0 saturated carbocycles. The van der Waals surface area contributed by atoms with E-state index in [1.165, 1.54) is 6.07 Å². The summed E-state index contributed by atoms with van der Waals surface area (Å²) in [5.74, 6) is 1.55. The van der Waals surface area contributed by atoms with Gasteiger partial charge in [0.15, 0.2) is 11.5 Å². The minimum atomic E-state index is -0.0989. The lowest BCUT2D eigenvalue weighted by Gasteiger charge is -2.06. The molecule has 0 amide bonds. The van der Waals surface area contributed by atoms with Crippen molar-refractivity contribution in [1.29, 1.82) is 0 Å². The van der Waals surface area contributed by atoms with E-state index in [-0.39, 0.29) is 11.5 Å². The second kappa shape index (κ2) is 4.93. The van der Waals surface area contributed by atoms with E-state index in [0.29, 0.717) is 18.7 Å². The molecule has 0 saturated heterocycles. The zero-order valence-electron chi connectivity index (χ0n) is 9.60. The number of rotatable bonds is 4. The van der Waals surface area contributed by atoms with E-state index in [0.717, 1.165) is 11.5 Å². The number of furan rings is 1. The number of aromatic hydroxyl groups is 2. The number of aryl methyl sites for hydroxylation is 1. The Kier molecular flexibility index (Phi) is 3.35. The molecule has 4 nitrogen and oxygen atoms in total. The van der Waals surface area contributed by atoms with Crippen LogP contribution < -0.4 is 5.32 Å². The lowest BCUT2D eigenvalue weighted by molar-refractivity contribution is 0.396. The van der Waals surface area contributed by atoms with Crippen LogP contribution >= 0.6 is 0 Å². The van der Waals surface area contributed by atoms with Gasteiger partial charge in [0.1, 0.15) is 11.5 Å². The summed E-state index contributed by atoms with van der Waals surface area (Å²) in [5.41, 5.74) is 0.660. The third kappa shape index (κ3) is 2.79. The Hall–Kier alpha value is -1.94. The van der Waals surface area contributed by atoms with Gasteiger partial charge in [0.05, 0.1) is 6.54 Å². The van der Waals surface area contributed by atoms with Crippen LogP contribution in [0.25, 0.3) is 0 Å². The number of phenols is 2. The Morgan fingerprint density at radius 1 is 1.12 bits per heavy atom. The normalized spacial score (nSPS) is 10.6. The Morgan fingerprint density at radius 3 is 2.65 bits per heavy atom. The third-order valence-corrected chi connectivity index (χ3v) is 2.51. The van der Waals surface area contributed by atoms with Crippen molar-refractivity contribution in [3.05, 3.63) is 47.4 Å². The van der Waals surface area contributed by atoms with Crippen molar-refractivity contribution in [1.82, 2.24) is 5.32 Å². The largest absolute Gasteiger partial charge is 0.504 e. The van der Waals surface area contributed by atoms with Gasteiger partial charge < -0.3 is 19.9 Å². The number of benzene rings is 1. The molecule has 2 aromatic rings. The quantitative estimate of drug-likeness (QED) is 0.709. The maximum absolute atomic E-state index is 9.59. The maximum Gasteiger partial charge on any atom is 0.161 e. The van der Waals surface area contributed by atoms with Crippen molar-refractivity contribution in [3.8, 4) is 11.5 Å². The van der Waals surface area contributed by atoms with Crippen LogP contribution in [0.2, 0.25) is 0 Å². The molecular formula is C13H15NO3. The summed E-state index contributed by atoms with van der Waals surface area (Å²) in [7, 11) is 0. The summed E-state index contributed by atoms with van der Waals surface area (Å²) in [6.07, 6.45) is 0. The first-order chi connectivity index (χ1) is 8.16.